The van der Waals surface area contributed by atoms with Gasteiger partial charge in [0, 0.05) is 32.7 Å². The maximum Gasteiger partial charge on any atom is 0.265 e. The monoisotopic (exact) mass is 373 g/mol. The van der Waals surface area contributed by atoms with Gasteiger partial charge in [0.2, 0.25) is 0 Å². The Labute approximate surface area is 159 Å². The molecule has 1 unspecified atom stereocenters. The van der Waals surface area contributed by atoms with Crippen LogP contribution >= 0.6 is 11.3 Å². The molecule has 1 aliphatic rings. The van der Waals surface area contributed by atoms with Gasteiger partial charge in [-0.15, -0.1) is 11.3 Å². The number of rotatable bonds is 8. The van der Waals surface area contributed by atoms with E-state index in [0.717, 1.165) is 37.4 Å². The smallest absolute Gasteiger partial charge is 0.265 e. The van der Waals surface area contributed by atoms with E-state index in [9.17, 15) is 4.79 Å². The summed E-state index contributed by atoms with van der Waals surface area (Å²) in [6.07, 6.45) is 4.78. The van der Waals surface area contributed by atoms with Crippen molar-refractivity contribution >= 4 is 17.2 Å². The Balaban J connectivity index is 1.66. The zero-order valence-corrected chi connectivity index (χ0v) is 16.4. The predicted octanol–water partition coefficient (Wildman–Crippen LogP) is 2.92. The molecule has 0 saturated carbocycles. The summed E-state index contributed by atoms with van der Waals surface area (Å²) >= 11 is 1.50. The molecule has 0 bridgehead atoms. The summed E-state index contributed by atoms with van der Waals surface area (Å²) < 4.78 is 5.74. The van der Waals surface area contributed by atoms with Gasteiger partial charge in [-0.1, -0.05) is 30.3 Å². The highest BCUT2D eigenvalue weighted by molar-refractivity contribution is 7.13. The Morgan fingerprint density at radius 3 is 2.77 bits per heavy atom. The molecular weight excluding hydrogens is 346 g/mol. The summed E-state index contributed by atoms with van der Waals surface area (Å²) in [5, 5.41) is 0.976. The number of carbonyl (C=O) groups is 1. The Morgan fingerprint density at radius 1 is 1.27 bits per heavy atom. The number of benzene rings is 1. The number of carbonyl (C=O) groups excluding carboxylic acids is 1. The first-order valence-electron chi connectivity index (χ1n) is 9.16. The van der Waals surface area contributed by atoms with Crippen LogP contribution < -0.4 is 0 Å². The molecule has 0 N–H and O–H groups in total. The van der Waals surface area contributed by atoms with Gasteiger partial charge in [0.1, 0.15) is 4.88 Å². The molecule has 140 valence electrons. The molecule has 1 aromatic heterocycles. The van der Waals surface area contributed by atoms with Crippen LogP contribution in [-0.2, 0) is 11.2 Å². The van der Waals surface area contributed by atoms with Crippen LogP contribution in [0.2, 0.25) is 0 Å². The van der Waals surface area contributed by atoms with Crippen molar-refractivity contribution in [2.45, 2.75) is 25.4 Å². The van der Waals surface area contributed by atoms with Crippen LogP contribution in [0, 0.1) is 0 Å². The van der Waals surface area contributed by atoms with Crippen molar-refractivity contribution in [3.05, 3.63) is 52.0 Å². The molecule has 1 aromatic carbocycles. The lowest BCUT2D eigenvalue weighted by Crippen LogP contribution is -2.41. The second-order valence-corrected chi connectivity index (χ2v) is 8.09. The van der Waals surface area contributed by atoms with Gasteiger partial charge in [-0.3, -0.25) is 4.79 Å². The van der Waals surface area contributed by atoms with Gasteiger partial charge in [-0.05, 0) is 32.5 Å². The van der Waals surface area contributed by atoms with Crippen molar-refractivity contribution in [3.8, 4) is 0 Å². The molecule has 2 aromatic rings. The van der Waals surface area contributed by atoms with Crippen molar-refractivity contribution in [1.82, 2.24) is 14.8 Å². The Hall–Kier alpha value is -1.76. The van der Waals surface area contributed by atoms with E-state index >= 15 is 0 Å². The first kappa shape index (κ1) is 19.0. The number of hydrogen-bond acceptors (Lipinski definition) is 5. The van der Waals surface area contributed by atoms with Gasteiger partial charge >= 0.3 is 0 Å². The van der Waals surface area contributed by atoms with E-state index in [1.807, 2.05) is 37.2 Å². The van der Waals surface area contributed by atoms with Crippen LogP contribution in [0.25, 0.3) is 0 Å². The zero-order chi connectivity index (χ0) is 18.4. The number of thiazole rings is 1. The number of likely N-dealkylation sites (N-methyl/N-ethyl adjacent to an activating group) is 1. The highest BCUT2D eigenvalue weighted by Gasteiger charge is 2.24. The number of amides is 1. The third-order valence-corrected chi connectivity index (χ3v) is 5.50. The Kier molecular flexibility index (Phi) is 6.77. The molecular formula is C20H27N3O2S. The summed E-state index contributed by atoms with van der Waals surface area (Å²) in [6, 6.07) is 10.2. The van der Waals surface area contributed by atoms with E-state index in [1.54, 1.807) is 6.20 Å². The standard InChI is InChI=1S/C20H27N3O2S/c1-22(2)10-11-23(15-17-9-6-12-25-17)20(24)18-14-21-19(26-18)13-16-7-4-3-5-8-16/h3-5,7-8,14,17H,6,9-13,15H2,1-2H3. The van der Waals surface area contributed by atoms with Crippen LogP contribution in [0.1, 0.15) is 33.1 Å². The first-order chi connectivity index (χ1) is 12.6. The Bertz CT molecular complexity index is 696. The minimum absolute atomic E-state index is 0.0687. The van der Waals surface area contributed by atoms with E-state index in [2.05, 4.69) is 22.0 Å². The molecule has 0 aliphatic carbocycles. The maximum absolute atomic E-state index is 13.0. The summed E-state index contributed by atoms with van der Waals surface area (Å²) in [7, 11) is 4.05. The van der Waals surface area contributed by atoms with E-state index in [-0.39, 0.29) is 12.0 Å². The molecule has 1 atom stereocenters. The molecule has 26 heavy (non-hydrogen) atoms. The van der Waals surface area contributed by atoms with Crippen LogP contribution in [0.5, 0.6) is 0 Å². The highest BCUT2D eigenvalue weighted by atomic mass is 32.1. The minimum atomic E-state index is 0.0687. The largest absolute Gasteiger partial charge is 0.376 e. The zero-order valence-electron chi connectivity index (χ0n) is 15.6. The lowest BCUT2D eigenvalue weighted by atomic mass is 10.2. The summed E-state index contributed by atoms with van der Waals surface area (Å²) in [4.78, 5) is 22.2. The molecule has 3 rings (SSSR count). The lowest BCUT2D eigenvalue weighted by Gasteiger charge is -2.26. The lowest BCUT2D eigenvalue weighted by molar-refractivity contribution is 0.0515. The maximum atomic E-state index is 13.0. The van der Waals surface area contributed by atoms with Crippen molar-refractivity contribution < 1.29 is 9.53 Å². The van der Waals surface area contributed by atoms with Crippen molar-refractivity contribution in [2.75, 3.05) is 40.3 Å². The number of aromatic nitrogens is 1. The van der Waals surface area contributed by atoms with Crippen molar-refractivity contribution in [2.24, 2.45) is 0 Å². The molecule has 0 spiro atoms. The molecule has 1 aliphatic heterocycles. The molecule has 1 amide bonds. The van der Waals surface area contributed by atoms with E-state index in [1.165, 1.54) is 16.9 Å². The minimum Gasteiger partial charge on any atom is -0.376 e. The topological polar surface area (TPSA) is 45.7 Å². The normalized spacial score (nSPS) is 17.0. The number of ether oxygens (including phenoxy) is 1. The summed E-state index contributed by atoms with van der Waals surface area (Å²) in [6.45, 7) is 3.02. The fourth-order valence-electron chi connectivity index (χ4n) is 3.05. The number of nitrogens with zero attached hydrogens (tertiary/aromatic N) is 3. The van der Waals surface area contributed by atoms with Gasteiger partial charge < -0.3 is 14.5 Å². The van der Waals surface area contributed by atoms with Crippen molar-refractivity contribution in [1.29, 1.82) is 0 Å². The average molecular weight is 374 g/mol. The highest BCUT2D eigenvalue weighted by Crippen LogP contribution is 2.20. The van der Waals surface area contributed by atoms with Crippen LogP contribution in [0.4, 0.5) is 0 Å². The predicted molar refractivity (Wildman–Crippen MR) is 105 cm³/mol. The molecule has 1 fully saturated rings. The van der Waals surface area contributed by atoms with Gasteiger partial charge in [0.25, 0.3) is 5.91 Å². The van der Waals surface area contributed by atoms with Crippen molar-refractivity contribution in [3.63, 3.8) is 0 Å². The number of hydrogen-bond donors (Lipinski definition) is 0. The fraction of sp³-hybridized carbons (Fsp3) is 0.500. The molecule has 0 radical (unpaired) electrons. The van der Waals surface area contributed by atoms with Gasteiger partial charge in [-0.25, -0.2) is 4.98 Å². The second-order valence-electron chi connectivity index (χ2n) is 6.97. The second kappa shape index (κ2) is 9.26. The third-order valence-electron chi connectivity index (χ3n) is 4.51. The molecule has 6 heteroatoms. The summed E-state index contributed by atoms with van der Waals surface area (Å²) in [5.74, 6) is 0.0687. The molecule has 2 heterocycles. The molecule has 1 saturated heterocycles. The quantitative estimate of drug-likeness (QED) is 0.714. The van der Waals surface area contributed by atoms with Crippen LogP contribution in [0.15, 0.2) is 36.5 Å². The van der Waals surface area contributed by atoms with E-state index < -0.39 is 0 Å². The van der Waals surface area contributed by atoms with E-state index in [0.29, 0.717) is 18.0 Å². The van der Waals surface area contributed by atoms with Crippen LogP contribution in [0.3, 0.4) is 0 Å². The average Bonchev–Trinajstić information content (AvgIpc) is 3.30. The summed E-state index contributed by atoms with van der Waals surface area (Å²) in [5.41, 5.74) is 1.21. The van der Waals surface area contributed by atoms with E-state index in [4.69, 9.17) is 4.74 Å². The fourth-order valence-corrected chi connectivity index (χ4v) is 3.97. The SMILES string of the molecule is CN(C)CCN(CC1CCCO1)C(=O)c1cnc(Cc2ccccc2)s1. The third kappa shape index (κ3) is 5.37. The first-order valence-corrected chi connectivity index (χ1v) is 9.97. The Morgan fingerprint density at radius 2 is 2.08 bits per heavy atom. The van der Waals surface area contributed by atoms with Gasteiger partial charge in [0.05, 0.1) is 17.3 Å². The van der Waals surface area contributed by atoms with Gasteiger partial charge in [-0.2, -0.15) is 0 Å². The molecule has 5 nitrogen and oxygen atoms in total. The van der Waals surface area contributed by atoms with Crippen LogP contribution in [-0.4, -0.2) is 67.1 Å². The van der Waals surface area contributed by atoms with Gasteiger partial charge in [0.15, 0.2) is 0 Å².